The van der Waals surface area contributed by atoms with Crippen molar-refractivity contribution < 1.29 is 0 Å². The predicted molar refractivity (Wildman–Crippen MR) is 67.0 cm³/mol. The molecule has 0 saturated heterocycles. The number of H-pyrrole nitrogens is 1. The molecular weight excluding hydrogens is 206 g/mol. The van der Waals surface area contributed by atoms with Crippen LogP contribution >= 0.6 is 11.8 Å². The third-order valence-electron chi connectivity index (χ3n) is 1.89. The molecule has 0 aliphatic carbocycles. The standard InChI is InChI=1S/C11H21N3S/c1-5-12-6-9-7-13-10(14-9)8-15-11(2,3)4/h7,12H,5-6,8H2,1-4H3,(H,13,14). The molecule has 4 heteroatoms. The van der Waals surface area contributed by atoms with Crippen LogP contribution in [0, 0.1) is 0 Å². The minimum atomic E-state index is 0.300. The van der Waals surface area contributed by atoms with Gasteiger partial charge in [-0.2, -0.15) is 0 Å². The molecule has 0 amide bonds. The summed E-state index contributed by atoms with van der Waals surface area (Å²) in [5.74, 6) is 2.03. The van der Waals surface area contributed by atoms with Gasteiger partial charge in [0.15, 0.2) is 0 Å². The Hall–Kier alpha value is -0.480. The molecule has 0 aliphatic rings. The molecule has 2 N–H and O–H groups in total. The zero-order valence-corrected chi connectivity index (χ0v) is 10.9. The second kappa shape index (κ2) is 5.56. The summed E-state index contributed by atoms with van der Waals surface area (Å²) in [7, 11) is 0. The molecule has 0 bridgehead atoms. The Bertz CT molecular complexity index is 288. The summed E-state index contributed by atoms with van der Waals surface area (Å²) in [6.07, 6.45) is 1.92. The largest absolute Gasteiger partial charge is 0.344 e. The monoisotopic (exact) mass is 227 g/mol. The van der Waals surface area contributed by atoms with Crippen LogP contribution in [0.1, 0.15) is 39.2 Å². The van der Waals surface area contributed by atoms with Gasteiger partial charge in [-0.1, -0.05) is 27.7 Å². The highest BCUT2D eigenvalue weighted by molar-refractivity contribution is 7.99. The molecular formula is C11H21N3S. The molecule has 0 aromatic carbocycles. The average molecular weight is 227 g/mol. The number of hydrogen-bond acceptors (Lipinski definition) is 3. The number of hydrogen-bond donors (Lipinski definition) is 2. The summed E-state index contributed by atoms with van der Waals surface area (Å²) in [6.45, 7) is 10.6. The number of thioether (sulfide) groups is 1. The molecule has 0 atom stereocenters. The van der Waals surface area contributed by atoms with Crippen molar-refractivity contribution in [3.8, 4) is 0 Å². The molecule has 0 fully saturated rings. The lowest BCUT2D eigenvalue weighted by molar-refractivity contribution is 0.712. The van der Waals surface area contributed by atoms with E-state index >= 15 is 0 Å². The topological polar surface area (TPSA) is 40.7 Å². The Balaban J connectivity index is 2.39. The van der Waals surface area contributed by atoms with Gasteiger partial charge in [-0.25, -0.2) is 4.98 Å². The lowest BCUT2D eigenvalue weighted by atomic mass is 10.3. The van der Waals surface area contributed by atoms with Crippen molar-refractivity contribution in [2.24, 2.45) is 0 Å². The number of imidazole rings is 1. The van der Waals surface area contributed by atoms with E-state index < -0.39 is 0 Å². The van der Waals surface area contributed by atoms with Crippen molar-refractivity contribution in [1.29, 1.82) is 0 Å². The highest BCUT2D eigenvalue weighted by Crippen LogP contribution is 2.25. The van der Waals surface area contributed by atoms with E-state index in [0.717, 1.165) is 24.7 Å². The van der Waals surface area contributed by atoms with Crippen LogP contribution in [0.3, 0.4) is 0 Å². The van der Waals surface area contributed by atoms with Crippen LogP contribution in [0.25, 0.3) is 0 Å². The second-order valence-electron chi connectivity index (χ2n) is 4.54. The first-order valence-corrected chi connectivity index (χ1v) is 6.37. The van der Waals surface area contributed by atoms with Crippen LogP contribution in [-0.4, -0.2) is 21.3 Å². The van der Waals surface area contributed by atoms with E-state index in [4.69, 9.17) is 0 Å². The van der Waals surface area contributed by atoms with Crippen molar-refractivity contribution >= 4 is 11.8 Å². The van der Waals surface area contributed by atoms with Gasteiger partial charge in [0.25, 0.3) is 0 Å². The van der Waals surface area contributed by atoms with E-state index in [1.165, 1.54) is 5.69 Å². The van der Waals surface area contributed by atoms with Crippen LogP contribution in [0.4, 0.5) is 0 Å². The van der Waals surface area contributed by atoms with Gasteiger partial charge in [0, 0.05) is 23.2 Å². The molecule has 1 rings (SSSR count). The van der Waals surface area contributed by atoms with Crippen molar-refractivity contribution in [2.45, 2.75) is 44.7 Å². The molecule has 0 radical (unpaired) electrons. The molecule has 0 aliphatic heterocycles. The maximum atomic E-state index is 4.36. The van der Waals surface area contributed by atoms with Gasteiger partial charge in [-0.05, 0) is 6.54 Å². The molecule has 1 heterocycles. The Labute approximate surface area is 96.5 Å². The fourth-order valence-corrected chi connectivity index (χ4v) is 1.83. The quantitative estimate of drug-likeness (QED) is 0.812. The van der Waals surface area contributed by atoms with Gasteiger partial charge in [0.1, 0.15) is 5.82 Å². The van der Waals surface area contributed by atoms with Crippen molar-refractivity contribution in [2.75, 3.05) is 6.54 Å². The summed E-state index contributed by atoms with van der Waals surface area (Å²) in [6, 6.07) is 0. The van der Waals surface area contributed by atoms with E-state index in [0.29, 0.717) is 4.75 Å². The van der Waals surface area contributed by atoms with Crippen LogP contribution in [0.15, 0.2) is 6.20 Å². The Morgan fingerprint density at radius 3 is 2.80 bits per heavy atom. The number of aromatic amines is 1. The summed E-state index contributed by atoms with van der Waals surface area (Å²) in [5, 5.41) is 3.27. The number of aromatic nitrogens is 2. The third-order valence-corrected chi connectivity index (χ3v) is 3.17. The van der Waals surface area contributed by atoms with E-state index in [1.807, 2.05) is 18.0 Å². The first-order valence-electron chi connectivity index (χ1n) is 5.38. The number of rotatable bonds is 5. The molecule has 15 heavy (non-hydrogen) atoms. The summed E-state index contributed by atoms with van der Waals surface area (Å²) < 4.78 is 0.300. The van der Waals surface area contributed by atoms with Crippen LogP contribution in [0.2, 0.25) is 0 Å². The van der Waals surface area contributed by atoms with Gasteiger partial charge < -0.3 is 10.3 Å². The zero-order chi connectivity index (χ0) is 11.3. The number of nitrogens with zero attached hydrogens (tertiary/aromatic N) is 1. The van der Waals surface area contributed by atoms with Crippen LogP contribution < -0.4 is 5.32 Å². The number of nitrogens with one attached hydrogen (secondary N) is 2. The highest BCUT2D eigenvalue weighted by Gasteiger charge is 2.11. The van der Waals surface area contributed by atoms with Crippen LogP contribution in [0.5, 0.6) is 0 Å². The lowest BCUT2D eigenvalue weighted by Gasteiger charge is -2.16. The molecule has 1 aromatic rings. The van der Waals surface area contributed by atoms with Crippen molar-refractivity contribution in [1.82, 2.24) is 15.3 Å². The van der Waals surface area contributed by atoms with E-state index in [1.54, 1.807) is 0 Å². The predicted octanol–water partition coefficient (Wildman–Crippen LogP) is 2.55. The Kier molecular flexibility index (Phi) is 4.67. The van der Waals surface area contributed by atoms with Crippen LogP contribution in [-0.2, 0) is 12.3 Å². The highest BCUT2D eigenvalue weighted by atomic mass is 32.2. The molecule has 0 saturated carbocycles. The molecule has 1 aromatic heterocycles. The lowest BCUT2D eigenvalue weighted by Crippen LogP contribution is -2.12. The van der Waals surface area contributed by atoms with E-state index in [9.17, 15) is 0 Å². The van der Waals surface area contributed by atoms with Gasteiger partial charge >= 0.3 is 0 Å². The van der Waals surface area contributed by atoms with Gasteiger partial charge in [0.2, 0.25) is 0 Å². The second-order valence-corrected chi connectivity index (χ2v) is 6.34. The smallest absolute Gasteiger partial charge is 0.116 e. The van der Waals surface area contributed by atoms with Gasteiger partial charge in [0.05, 0.1) is 5.75 Å². The van der Waals surface area contributed by atoms with Crippen molar-refractivity contribution in [3.63, 3.8) is 0 Å². The molecule has 3 nitrogen and oxygen atoms in total. The maximum Gasteiger partial charge on any atom is 0.116 e. The SMILES string of the molecule is CCNCc1cnc(CSC(C)(C)C)[nH]1. The normalized spacial score (nSPS) is 12.0. The maximum absolute atomic E-state index is 4.36. The van der Waals surface area contributed by atoms with Gasteiger partial charge in [-0.15, -0.1) is 11.8 Å². The Morgan fingerprint density at radius 1 is 1.47 bits per heavy atom. The molecule has 0 unspecified atom stereocenters. The van der Waals surface area contributed by atoms with E-state index in [2.05, 4.69) is 43.0 Å². The molecule has 86 valence electrons. The fourth-order valence-electron chi connectivity index (χ4n) is 1.11. The first kappa shape index (κ1) is 12.6. The summed E-state index contributed by atoms with van der Waals surface area (Å²) in [5.41, 5.74) is 1.17. The average Bonchev–Trinajstić information content (AvgIpc) is 2.58. The first-order chi connectivity index (χ1) is 7.01. The van der Waals surface area contributed by atoms with E-state index in [-0.39, 0.29) is 0 Å². The minimum absolute atomic E-state index is 0.300. The summed E-state index contributed by atoms with van der Waals surface area (Å²) >= 11 is 1.91. The zero-order valence-electron chi connectivity index (χ0n) is 10.1. The van der Waals surface area contributed by atoms with Gasteiger partial charge in [-0.3, -0.25) is 0 Å². The third kappa shape index (κ3) is 5.23. The minimum Gasteiger partial charge on any atom is -0.344 e. The fraction of sp³-hybridized carbons (Fsp3) is 0.727. The van der Waals surface area contributed by atoms with Crippen molar-refractivity contribution in [3.05, 3.63) is 17.7 Å². The molecule has 0 spiro atoms. The summed E-state index contributed by atoms with van der Waals surface area (Å²) in [4.78, 5) is 7.68. The Morgan fingerprint density at radius 2 is 2.20 bits per heavy atom.